The van der Waals surface area contributed by atoms with Gasteiger partial charge in [-0.2, -0.15) is 0 Å². The van der Waals surface area contributed by atoms with E-state index in [0.717, 1.165) is 30.8 Å². The molecule has 0 amide bonds. The van der Waals surface area contributed by atoms with Crippen LogP contribution in [0.25, 0.3) is 0 Å². The van der Waals surface area contributed by atoms with E-state index >= 15 is 0 Å². The largest absolute Gasteiger partial charge is 0.480 e. The van der Waals surface area contributed by atoms with Gasteiger partial charge in [-0.3, -0.25) is 0 Å². The van der Waals surface area contributed by atoms with E-state index in [1.807, 2.05) is 10.8 Å². The summed E-state index contributed by atoms with van der Waals surface area (Å²) in [6.07, 6.45) is 11.0. The van der Waals surface area contributed by atoms with Crippen molar-refractivity contribution in [2.45, 2.75) is 63.3 Å². The van der Waals surface area contributed by atoms with Crippen molar-refractivity contribution < 1.29 is 9.90 Å². The first-order valence-corrected chi connectivity index (χ1v) is 7.06. The molecule has 1 aliphatic heterocycles. The Morgan fingerprint density at radius 1 is 1.22 bits per heavy atom. The smallest absolute Gasteiger partial charge is 0.326 e. The number of hydrogen-bond acceptors (Lipinski definition) is 2. The number of fused-ring (bicyclic) bond motifs is 1. The Labute approximate surface area is 107 Å². The zero-order valence-electron chi connectivity index (χ0n) is 10.6. The molecule has 1 unspecified atom stereocenters. The molecule has 4 heteroatoms. The van der Waals surface area contributed by atoms with E-state index < -0.39 is 12.0 Å². The number of aromatic nitrogens is 2. The molecule has 98 valence electrons. The Kier molecular flexibility index (Phi) is 3.10. The fourth-order valence-corrected chi connectivity index (χ4v) is 3.34. The molecule has 0 bridgehead atoms. The van der Waals surface area contributed by atoms with E-state index in [1.54, 1.807) is 0 Å². The molecule has 2 heterocycles. The van der Waals surface area contributed by atoms with Gasteiger partial charge in [0, 0.05) is 18.5 Å². The summed E-state index contributed by atoms with van der Waals surface area (Å²) >= 11 is 0. The molecule has 4 nitrogen and oxygen atoms in total. The summed E-state index contributed by atoms with van der Waals surface area (Å²) in [6, 6.07) is -0.390. The average Bonchev–Trinajstić information content (AvgIpc) is 2.83. The van der Waals surface area contributed by atoms with Crippen molar-refractivity contribution >= 4 is 5.97 Å². The van der Waals surface area contributed by atoms with Crippen molar-refractivity contribution in [2.75, 3.05) is 0 Å². The highest BCUT2D eigenvalue weighted by Crippen LogP contribution is 2.34. The Morgan fingerprint density at radius 2 is 2.00 bits per heavy atom. The number of imidazole rings is 1. The van der Waals surface area contributed by atoms with E-state index in [1.165, 1.54) is 32.1 Å². The lowest BCUT2D eigenvalue weighted by Gasteiger charge is -2.21. The molecule has 1 fully saturated rings. The van der Waals surface area contributed by atoms with Crippen LogP contribution in [-0.2, 0) is 11.2 Å². The third-order valence-corrected chi connectivity index (χ3v) is 4.35. The van der Waals surface area contributed by atoms with Crippen molar-refractivity contribution in [3.8, 4) is 0 Å². The summed E-state index contributed by atoms with van der Waals surface area (Å²) in [5.74, 6) is 0.823. The first-order chi connectivity index (χ1) is 8.75. The van der Waals surface area contributed by atoms with E-state index in [2.05, 4.69) is 0 Å². The minimum absolute atomic E-state index is 0.390. The van der Waals surface area contributed by atoms with Crippen molar-refractivity contribution in [3.05, 3.63) is 17.7 Å². The lowest BCUT2D eigenvalue weighted by atomic mass is 9.87. The van der Waals surface area contributed by atoms with Gasteiger partial charge >= 0.3 is 5.97 Å². The van der Waals surface area contributed by atoms with Crippen LogP contribution in [0.5, 0.6) is 0 Å². The molecule has 1 N–H and O–H groups in total. The van der Waals surface area contributed by atoms with Gasteiger partial charge in [0.05, 0.1) is 5.69 Å². The van der Waals surface area contributed by atoms with E-state index in [0.29, 0.717) is 5.92 Å². The number of hydrogen-bond donors (Lipinski definition) is 1. The maximum Gasteiger partial charge on any atom is 0.326 e. The van der Waals surface area contributed by atoms with Crippen LogP contribution in [0.15, 0.2) is 6.20 Å². The summed E-state index contributed by atoms with van der Waals surface area (Å²) in [6.45, 7) is 0. The fourth-order valence-electron chi connectivity index (χ4n) is 3.34. The van der Waals surface area contributed by atoms with Gasteiger partial charge in [0.15, 0.2) is 0 Å². The van der Waals surface area contributed by atoms with E-state index in [9.17, 15) is 9.90 Å². The Hall–Kier alpha value is -1.32. The highest BCUT2D eigenvalue weighted by atomic mass is 16.4. The van der Waals surface area contributed by atoms with Crippen LogP contribution in [0.3, 0.4) is 0 Å². The van der Waals surface area contributed by atoms with Crippen molar-refractivity contribution in [3.63, 3.8) is 0 Å². The molecule has 0 spiro atoms. The molecular formula is C14H20N2O2. The summed E-state index contributed by atoms with van der Waals surface area (Å²) < 4.78 is 1.91. The maximum absolute atomic E-state index is 11.3. The minimum Gasteiger partial charge on any atom is -0.480 e. The van der Waals surface area contributed by atoms with Gasteiger partial charge in [0.1, 0.15) is 11.9 Å². The molecule has 1 atom stereocenters. The number of nitrogens with zero attached hydrogens (tertiary/aromatic N) is 2. The van der Waals surface area contributed by atoms with Gasteiger partial charge in [-0.25, -0.2) is 9.78 Å². The Balaban J connectivity index is 1.88. The summed E-state index contributed by atoms with van der Waals surface area (Å²) in [5, 5.41) is 9.26. The molecule has 18 heavy (non-hydrogen) atoms. The van der Waals surface area contributed by atoms with Gasteiger partial charge in [0.25, 0.3) is 0 Å². The van der Waals surface area contributed by atoms with Crippen molar-refractivity contribution in [1.29, 1.82) is 0 Å². The number of carboxylic acid groups (broad SMARTS) is 1. The second-order valence-corrected chi connectivity index (χ2v) is 5.57. The molecule has 1 aromatic rings. The molecule has 1 saturated carbocycles. The number of rotatable bonds is 2. The SMILES string of the molecule is O=C(O)C1CCCc2nc(C3CCCCC3)cn21. The third kappa shape index (κ3) is 2.04. The highest BCUT2D eigenvalue weighted by molar-refractivity contribution is 5.72. The van der Waals surface area contributed by atoms with Gasteiger partial charge in [0.2, 0.25) is 0 Å². The van der Waals surface area contributed by atoms with Crippen LogP contribution in [0.2, 0.25) is 0 Å². The van der Waals surface area contributed by atoms with Crippen LogP contribution in [0.4, 0.5) is 0 Å². The lowest BCUT2D eigenvalue weighted by Crippen LogP contribution is -2.24. The average molecular weight is 248 g/mol. The molecule has 0 radical (unpaired) electrons. The van der Waals surface area contributed by atoms with Gasteiger partial charge in [-0.15, -0.1) is 0 Å². The number of aliphatic carboxylic acids is 1. The molecule has 2 aliphatic rings. The molecule has 1 aromatic heterocycles. The first-order valence-electron chi connectivity index (χ1n) is 7.06. The summed E-state index contributed by atoms with van der Waals surface area (Å²) in [5.41, 5.74) is 1.14. The predicted octanol–water partition coefficient (Wildman–Crippen LogP) is 2.89. The van der Waals surface area contributed by atoms with Crippen LogP contribution in [-0.4, -0.2) is 20.6 Å². The molecule has 0 saturated heterocycles. The molecule has 0 aromatic carbocycles. The Bertz CT molecular complexity index is 447. The van der Waals surface area contributed by atoms with E-state index in [-0.39, 0.29) is 0 Å². The standard InChI is InChI=1S/C14H20N2O2/c17-14(18)12-7-4-8-13-15-11(9-16(12)13)10-5-2-1-3-6-10/h9-10,12H,1-8H2,(H,17,18). The topological polar surface area (TPSA) is 55.1 Å². The zero-order valence-corrected chi connectivity index (χ0v) is 10.6. The molecule has 3 rings (SSSR count). The van der Waals surface area contributed by atoms with Gasteiger partial charge < -0.3 is 9.67 Å². The number of aryl methyl sites for hydroxylation is 1. The van der Waals surface area contributed by atoms with Crippen molar-refractivity contribution in [1.82, 2.24) is 9.55 Å². The number of carbonyl (C=O) groups is 1. The lowest BCUT2D eigenvalue weighted by molar-refractivity contribution is -0.141. The monoisotopic (exact) mass is 248 g/mol. The number of carboxylic acids is 1. The minimum atomic E-state index is -0.719. The van der Waals surface area contributed by atoms with Gasteiger partial charge in [-0.05, 0) is 25.7 Å². The molecular weight excluding hydrogens is 228 g/mol. The zero-order chi connectivity index (χ0) is 12.5. The Morgan fingerprint density at radius 3 is 2.72 bits per heavy atom. The second-order valence-electron chi connectivity index (χ2n) is 5.57. The normalized spacial score (nSPS) is 24.8. The maximum atomic E-state index is 11.3. The summed E-state index contributed by atoms with van der Waals surface area (Å²) in [4.78, 5) is 16.0. The third-order valence-electron chi connectivity index (χ3n) is 4.35. The van der Waals surface area contributed by atoms with E-state index in [4.69, 9.17) is 4.98 Å². The van der Waals surface area contributed by atoms with Crippen LogP contribution >= 0.6 is 0 Å². The van der Waals surface area contributed by atoms with Crippen LogP contribution in [0, 0.1) is 0 Å². The fraction of sp³-hybridized carbons (Fsp3) is 0.714. The quantitative estimate of drug-likeness (QED) is 0.875. The molecule has 1 aliphatic carbocycles. The first kappa shape index (κ1) is 11.8. The van der Waals surface area contributed by atoms with Crippen molar-refractivity contribution in [2.24, 2.45) is 0 Å². The van der Waals surface area contributed by atoms with Crippen LogP contribution < -0.4 is 0 Å². The second kappa shape index (κ2) is 4.75. The highest BCUT2D eigenvalue weighted by Gasteiger charge is 2.28. The van der Waals surface area contributed by atoms with Crippen LogP contribution in [0.1, 0.15) is 68.4 Å². The summed E-state index contributed by atoms with van der Waals surface area (Å²) in [7, 11) is 0. The predicted molar refractivity (Wildman–Crippen MR) is 67.7 cm³/mol. The van der Waals surface area contributed by atoms with Gasteiger partial charge in [-0.1, -0.05) is 19.3 Å².